The summed E-state index contributed by atoms with van der Waals surface area (Å²) in [5.41, 5.74) is 0.294. The Morgan fingerprint density at radius 2 is 1.91 bits per heavy atom. The summed E-state index contributed by atoms with van der Waals surface area (Å²) in [5.74, 6) is 4.97. The summed E-state index contributed by atoms with van der Waals surface area (Å²) in [4.78, 5) is 22.3. The molecule has 0 radical (unpaired) electrons. The average molecular weight is 349 g/mol. The van der Waals surface area contributed by atoms with Crippen LogP contribution in [0.3, 0.4) is 0 Å². The van der Waals surface area contributed by atoms with Gasteiger partial charge in [-0.15, -0.1) is 0 Å². The Bertz CT molecular complexity index is 826. The zero-order valence-electron chi connectivity index (χ0n) is 11.7. The quantitative estimate of drug-likeness (QED) is 0.522. The van der Waals surface area contributed by atoms with E-state index in [4.69, 9.17) is 23.2 Å². The monoisotopic (exact) mass is 348 g/mol. The van der Waals surface area contributed by atoms with Crippen molar-refractivity contribution >= 4 is 34.8 Å². The lowest BCUT2D eigenvalue weighted by molar-refractivity contribution is -0.385. The third-order valence-electron chi connectivity index (χ3n) is 2.79. The van der Waals surface area contributed by atoms with Gasteiger partial charge in [-0.3, -0.25) is 14.9 Å². The van der Waals surface area contributed by atoms with Crippen LogP contribution in [0.4, 0.5) is 5.69 Å². The predicted octanol–water partition coefficient (Wildman–Crippen LogP) is 3.68. The van der Waals surface area contributed by atoms with Crippen LogP contribution in [0.25, 0.3) is 0 Å². The highest BCUT2D eigenvalue weighted by molar-refractivity contribution is 6.31. The first-order chi connectivity index (χ1) is 11.0. The molecule has 2 aromatic carbocycles. The van der Waals surface area contributed by atoms with Crippen LogP contribution < -0.4 is 5.32 Å². The molecular weight excluding hydrogens is 339 g/mol. The number of nitrogens with one attached hydrogen (secondary N) is 1. The van der Waals surface area contributed by atoms with E-state index < -0.39 is 10.8 Å². The molecule has 2 rings (SSSR count). The summed E-state index contributed by atoms with van der Waals surface area (Å²) in [6.45, 7) is 0.0367. The Balaban J connectivity index is 2.06. The lowest BCUT2D eigenvalue weighted by Crippen LogP contribution is -2.24. The minimum Gasteiger partial charge on any atom is -0.341 e. The van der Waals surface area contributed by atoms with Crippen molar-refractivity contribution in [2.75, 3.05) is 6.54 Å². The molecule has 1 amide bonds. The summed E-state index contributed by atoms with van der Waals surface area (Å²) in [6, 6.07) is 10.8. The van der Waals surface area contributed by atoms with E-state index in [9.17, 15) is 14.9 Å². The lowest BCUT2D eigenvalue weighted by atomic mass is 10.1. The minimum absolute atomic E-state index is 0.0367. The van der Waals surface area contributed by atoms with Crippen LogP contribution >= 0.6 is 23.2 Å². The SMILES string of the molecule is O=C(NCC#Cc1cccc(Cl)c1)c1cc(Cl)ccc1[N+](=O)[O-]. The molecule has 0 spiro atoms. The predicted molar refractivity (Wildman–Crippen MR) is 88.8 cm³/mol. The molecule has 116 valence electrons. The molecule has 0 unspecified atom stereocenters. The van der Waals surface area contributed by atoms with Gasteiger partial charge in [-0.1, -0.05) is 41.1 Å². The molecule has 0 saturated heterocycles. The highest BCUT2D eigenvalue weighted by Crippen LogP contribution is 2.22. The Kier molecular flexibility index (Phi) is 5.58. The zero-order chi connectivity index (χ0) is 16.8. The van der Waals surface area contributed by atoms with Crippen molar-refractivity contribution in [3.8, 4) is 11.8 Å². The van der Waals surface area contributed by atoms with Gasteiger partial charge in [0, 0.05) is 21.7 Å². The Labute approximate surface area is 142 Å². The average Bonchev–Trinajstić information content (AvgIpc) is 2.51. The van der Waals surface area contributed by atoms with Gasteiger partial charge in [0.05, 0.1) is 11.5 Å². The fourth-order valence-electron chi connectivity index (χ4n) is 1.78. The van der Waals surface area contributed by atoms with Crippen LogP contribution in [0.5, 0.6) is 0 Å². The highest BCUT2D eigenvalue weighted by atomic mass is 35.5. The van der Waals surface area contributed by atoms with Crippen molar-refractivity contribution in [3.63, 3.8) is 0 Å². The number of hydrogen-bond acceptors (Lipinski definition) is 3. The fraction of sp³-hybridized carbons (Fsp3) is 0.0625. The Morgan fingerprint density at radius 3 is 2.61 bits per heavy atom. The molecule has 0 aliphatic heterocycles. The van der Waals surface area contributed by atoms with Crippen LogP contribution in [-0.4, -0.2) is 17.4 Å². The zero-order valence-corrected chi connectivity index (χ0v) is 13.2. The van der Waals surface area contributed by atoms with Crippen molar-refractivity contribution in [3.05, 3.63) is 73.8 Å². The molecule has 0 aliphatic rings. The van der Waals surface area contributed by atoms with Gasteiger partial charge in [0.25, 0.3) is 11.6 Å². The molecule has 0 bridgehead atoms. The van der Waals surface area contributed by atoms with E-state index in [2.05, 4.69) is 17.2 Å². The molecule has 0 saturated carbocycles. The second-order valence-corrected chi connectivity index (χ2v) is 5.29. The van der Waals surface area contributed by atoms with Crippen LogP contribution in [0.15, 0.2) is 42.5 Å². The summed E-state index contributed by atoms with van der Waals surface area (Å²) in [5, 5.41) is 14.2. The van der Waals surface area contributed by atoms with Gasteiger partial charge in [0.1, 0.15) is 5.56 Å². The molecular formula is C16H10Cl2N2O3. The Morgan fingerprint density at radius 1 is 1.17 bits per heavy atom. The first-order valence-corrected chi connectivity index (χ1v) is 7.19. The maximum Gasteiger partial charge on any atom is 0.282 e. The number of nitro benzene ring substituents is 1. The first-order valence-electron chi connectivity index (χ1n) is 6.44. The highest BCUT2D eigenvalue weighted by Gasteiger charge is 2.19. The summed E-state index contributed by atoms with van der Waals surface area (Å²) < 4.78 is 0. The molecule has 23 heavy (non-hydrogen) atoms. The molecule has 0 atom stereocenters. The molecule has 7 heteroatoms. The van der Waals surface area contributed by atoms with Crippen molar-refractivity contribution in [2.45, 2.75) is 0 Å². The van der Waals surface area contributed by atoms with Crippen molar-refractivity contribution in [2.24, 2.45) is 0 Å². The fourth-order valence-corrected chi connectivity index (χ4v) is 2.14. The van der Waals surface area contributed by atoms with E-state index in [-0.39, 0.29) is 22.8 Å². The smallest absolute Gasteiger partial charge is 0.282 e. The van der Waals surface area contributed by atoms with Crippen molar-refractivity contribution < 1.29 is 9.72 Å². The van der Waals surface area contributed by atoms with E-state index in [0.717, 1.165) is 0 Å². The normalized spacial score (nSPS) is 9.65. The second kappa shape index (κ2) is 7.63. The number of carbonyl (C=O) groups excluding carboxylic acids is 1. The third kappa shape index (κ3) is 4.71. The maximum atomic E-state index is 12.0. The molecule has 2 aromatic rings. The minimum atomic E-state index is -0.636. The summed E-state index contributed by atoms with van der Waals surface area (Å²) in [6.07, 6.45) is 0. The summed E-state index contributed by atoms with van der Waals surface area (Å²) in [7, 11) is 0. The number of rotatable bonds is 3. The number of hydrogen-bond donors (Lipinski definition) is 1. The molecule has 0 aliphatic carbocycles. The van der Waals surface area contributed by atoms with Crippen LogP contribution in [0.2, 0.25) is 10.0 Å². The molecule has 1 N–H and O–H groups in total. The summed E-state index contributed by atoms with van der Waals surface area (Å²) >= 11 is 11.6. The number of nitrogens with zero attached hydrogens (tertiary/aromatic N) is 1. The van der Waals surface area contributed by atoms with E-state index in [0.29, 0.717) is 10.6 Å². The lowest BCUT2D eigenvalue weighted by Gasteiger charge is -2.03. The van der Waals surface area contributed by atoms with Crippen LogP contribution in [0.1, 0.15) is 15.9 Å². The van der Waals surface area contributed by atoms with Gasteiger partial charge in [0.15, 0.2) is 0 Å². The van der Waals surface area contributed by atoms with E-state index in [1.54, 1.807) is 24.3 Å². The Hall–Kier alpha value is -2.55. The molecule has 0 fully saturated rings. The first kappa shape index (κ1) is 16.8. The van der Waals surface area contributed by atoms with Gasteiger partial charge in [0.2, 0.25) is 0 Å². The number of carbonyl (C=O) groups is 1. The van der Waals surface area contributed by atoms with E-state index >= 15 is 0 Å². The largest absolute Gasteiger partial charge is 0.341 e. The molecule has 5 nitrogen and oxygen atoms in total. The number of amides is 1. The van der Waals surface area contributed by atoms with Gasteiger partial charge < -0.3 is 5.32 Å². The van der Waals surface area contributed by atoms with Gasteiger partial charge in [-0.2, -0.15) is 0 Å². The van der Waals surface area contributed by atoms with Gasteiger partial charge in [-0.25, -0.2) is 0 Å². The number of benzene rings is 2. The van der Waals surface area contributed by atoms with Gasteiger partial charge in [-0.05, 0) is 30.3 Å². The second-order valence-electron chi connectivity index (χ2n) is 4.41. The van der Waals surface area contributed by atoms with Gasteiger partial charge >= 0.3 is 0 Å². The molecule has 0 heterocycles. The van der Waals surface area contributed by atoms with Crippen molar-refractivity contribution in [1.29, 1.82) is 0 Å². The van der Waals surface area contributed by atoms with Crippen LogP contribution in [-0.2, 0) is 0 Å². The maximum absolute atomic E-state index is 12.0. The van der Waals surface area contributed by atoms with Crippen LogP contribution in [0, 0.1) is 22.0 Å². The number of halogens is 2. The van der Waals surface area contributed by atoms with E-state index in [1.165, 1.54) is 18.2 Å². The standard InChI is InChI=1S/C16H10Cl2N2O3/c17-12-5-1-3-11(9-12)4-2-8-19-16(21)14-10-13(18)6-7-15(14)20(22)23/h1,3,5-7,9-10H,8H2,(H,19,21). The van der Waals surface area contributed by atoms with Crippen molar-refractivity contribution in [1.82, 2.24) is 5.32 Å². The van der Waals surface area contributed by atoms with E-state index in [1.807, 2.05) is 0 Å². The molecule has 0 aromatic heterocycles. The topological polar surface area (TPSA) is 72.2 Å². The third-order valence-corrected chi connectivity index (χ3v) is 3.26. The number of nitro groups is 1.